The third-order valence-electron chi connectivity index (χ3n) is 4.19. The van der Waals surface area contributed by atoms with E-state index < -0.39 is 0 Å². The van der Waals surface area contributed by atoms with Gasteiger partial charge in [-0.2, -0.15) is 10.2 Å². The first-order chi connectivity index (χ1) is 12.0. The Balaban J connectivity index is 1.83. The van der Waals surface area contributed by atoms with E-state index in [0.29, 0.717) is 12.1 Å². The quantitative estimate of drug-likeness (QED) is 0.706. The third-order valence-corrected chi connectivity index (χ3v) is 4.19. The number of fused-ring (bicyclic) bond motifs is 1. The van der Waals surface area contributed by atoms with Gasteiger partial charge in [-0.05, 0) is 37.6 Å². The summed E-state index contributed by atoms with van der Waals surface area (Å²) in [6, 6.07) is 7.36. The molecule has 8 heteroatoms. The average Bonchev–Trinajstić information content (AvgIpc) is 3.08. The highest BCUT2D eigenvalue weighted by molar-refractivity contribution is 5.76. The first kappa shape index (κ1) is 16.8. The van der Waals surface area contributed by atoms with Gasteiger partial charge in [0, 0.05) is 6.54 Å². The fraction of sp³-hybridized carbons (Fsp3) is 0.294. The molecular weight excluding hydrogens is 325 g/mol. The van der Waals surface area contributed by atoms with E-state index in [4.69, 9.17) is 0 Å². The molecule has 0 aliphatic rings. The summed E-state index contributed by atoms with van der Waals surface area (Å²) in [5, 5.41) is 7.93. The molecule has 130 valence electrons. The Hall–Kier alpha value is -3.03. The lowest BCUT2D eigenvalue weighted by molar-refractivity contribution is -0.134. The smallest absolute Gasteiger partial charge is 0.293 e. The van der Waals surface area contributed by atoms with Crippen molar-refractivity contribution < 1.29 is 9.18 Å². The van der Waals surface area contributed by atoms with Gasteiger partial charge in [-0.25, -0.2) is 13.6 Å². The van der Waals surface area contributed by atoms with Crippen LogP contribution in [0.2, 0.25) is 0 Å². The number of carbonyl (C=O) groups is 1. The summed E-state index contributed by atoms with van der Waals surface area (Å²) in [6.07, 6.45) is 2.89. The molecule has 0 fully saturated rings. The number of benzene rings is 1. The molecule has 0 aliphatic heterocycles. The van der Waals surface area contributed by atoms with Crippen molar-refractivity contribution in [2.45, 2.75) is 26.4 Å². The van der Waals surface area contributed by atoms with Crippen LogP contribution >= 0.6 is 0 Å². The molecule has 0 saturated heterocycles. The summed E-state index contributed by atoms with van der Waals surface area (Å²) in [4.78, 5) is 26.6. The van der Waals surface area contributed by atoms with Crippen molar-refractivity contribution in [2.24, 2.45) is 0 Å². The minimum absolute atomic E-state index is 0.167. The standard InChI is InChI=1S/C17H18FN5O2/c1-3-21(12(2)13-4-6-14(18)7-5-13)16(24)10-22-17(25)15-8-9-19-23(15)11-20-22/h4-9,11-12H,3,10H2,1-2H3. The first-order valence-electron chi connectivity index (χ1n) is 7.95. The second-order valence-electron chi connectivity index (χ2n) is 5.66. The van der Waals surface area contributed by atoms with E-state index in [1.54, 1.807) is 23.1 Å². The van der Waals surface area contributed by atoms with Crippen LogP contribution in [-0.2, 0) is 11.3 Å². The number of halogens is 1. The van der Waals surface area contributed by atoms with Crippen molar-refractivity contribution in [2.75, 3.05) is 6.54 Å². The first-order valence-corrected chi connectivity index (χ1v) is 7.95. The molecule has 2 heterocycles. The molecule has 7 nitrogen and oxygen atoms in total. The van der Waals surface area contributed by atoms with E-state index >= 15 is 0 Å². The van der Waals surface area contributed by atoms with Crippen LogP contribution in [0.4, 0.5) is 4.39 Å². The number of rotatable bonds is 5. The molecule has 1 amide bonds. The zero-order valence-corrected chi connectivity index (χ0v) is 14.0. The number of nitrogens with zero attached hydrogens (tertiary/aromatic N) is 5. The molecule has 0 bridgehead atoms. The van der Waals surface area contributed by atoms with Crippen LogP contribution < -0.4 is 5.56 Å². The van der Waals surface area contributed by atoms with Gasteiger partial charge in [-0.3, -0.25) is 9.59 Å². The van der Waals surface area contributed by atoms with Gasteiger partial charge in [0.15, 0.2) is 0 Å². The van der Waals surface area contributed by atoms with Crippen LogP contribution in [0.25, 0.3) is 5.52 Å². The normalized spacial score (nSPS) is 12.3. The molecule has 1 aromatic carbocycles. The van der Waals surface area contributed by atoms with E-state index in [1.807, 2.05) is 13.8 Å². The average molecular weight is 343 g/mol. The van der Waals surface area contributed by atoms with Crippen LogP contribution in [-0.4, -0.2) is 36.7 Å². The zero-order chi connectivity index (χ0) is 18.0. The number of hydrogen-bond acceptors (Lipinski definition) is 4. The Morgan fingerprint density at radius 2 is 1.96 bits per heavy atom. The Bertz CT molecular complexity index is 948. The lowest BCUT2D eigenvalue weighted by atomic mass is 10.1. The number of likely N-dealkylation sites (N-methyl/N-ethyl adjacent to an activating group) is 1. The maximum absolute atomic E-state index is 13.1. The molecule has 0 saturated carbocycles. The van der Waals surface area contributed by atoms with Gasteiger partial charge >= 0.3 is 0 Å². The van der Waals surface area contributed by atoms with E-state index in [0.717, 1.165) is 10.2 Å². The monoisotopic (exact) mass is 343 g/mol. The summed E-state index contributed by atoms with van der Waals surface area (Å²) in [6.45, 7) is 4.01. The molecule has 0 spiro atoms. The topological polar surface area (TPSA) is 72.5 Å². The van der Waals surface area contributed by atoms with E-state index in [9.17, 15) is 14.0 Å². The predicted molar refractivity (Wildman–Crippen MR) is 89.4 cm³/mol. The molecule has 1 atom stereocenters. The Morgan fingerprint density at radius 3 is 2.64 bits per heavy atom. The minimum Gasteiger partial charge on any atom is -0.335 e. The molecule has 2 aromatic heterocycles. The number of amides is 1. The van der Waals surface area contributed by atoms with E-state index in [-0.39, 0.29) is 29.9 Å². The lowest BCUT2D eigenvalue weighted by Crippen LogP contribution is -2.39. The number of carbonyl (C=O) groups excluding carboxylic acids is 1. The molecule has 1 unspecified atom stereocenters. The Morgan fingerprint density at radius 1 is 1.24 bits per heavy atom. The van der Waals surface area contributed by atoms with Crippen molar-refractivity contribution in [1.82, 2.24) is 24.3 Å². The lowest BCUT2D eigenvalue weighted by Gasteiger charge is -2.28. The van der Waals surface area contributed by atoms with Crippen molar-refractivity contribution in [3.8, 4) is 0 Å². The number of aromatic nitrogens is 4. The van der Waals surface area contributed by atoms with Gasteiger partial charge in [0.2, 0.25) is 5.91 Å². The molecule has 0 N–H and O–H groups in total. The van der Waals surface area contributed by atoms with Gasteiger partial charge in [-0.1, -0.05) is 12.1 Å². The Labute approximate surface area is 143 Å². The van der Waals surface area contributed by atoms with E-state index in [2.05, 4.69) is 10.2 Å². The molecular formula is C17H18FN5O2. The van der Waals surface area contributed by atoms with Gasteiger partial charge in [0.25, 0.3) is 5.56 Å². The minimum atomic E-state index is -0.376. The van der Waals surface area contributed by atoms with Crippen LogP contribution in [0, 0.1) is 5.82 Å². The van der Waals surface area contributed by atoms with E-state index in [1.165, 1.54) is 29.2 Å². The second-order valence-corrected chi connectivity index (χ2v) is 5.66. The SMILES string of the molecule is CCN(C(=O)Cn1ncn2nccc2c1=O)C(C)c1ccc(F)cc1. The summed E-state index contributed by atoms with van der Waals surface area (Å²) < 4.78 is 15.6. The predicted octanol–water partition coefficient (Wildman–Crippen LogP) is 1.64. The highest BCUT2D eigenvalue weighted by Gasteiger charge is 2.21. The van der Waals surface area contributed by atoms with Crippen LogP contribution in [0.15, 0.2) is 47.7 Å². The summed E-state index contributed by atoms with van der Waals surface area (Å²) >= 11 is 0. The highest BCUT2D eigenvalue weighted by atomic mass is 19.1. The maximum atomic E-state index is 13.1. The van der Waals surface area contributed by atoms with Crippen LogP contribution in [0.3, 0.4) is 0 Å². The molecule has 0 radical (unpaired) electrons. The fourth-order valence-electron chi connectivity index (χ4n) is 2.79. The van der Waals surface area contributed by atoms with Gasteiger partial charge in [0.05, 0.1) is 12.2 Å². The molecule has 25 heavy (non-hydrogen) atoms. The highest BCUT2D eigenvalue weighted by Crippen LogP contribution is 2.20. The summed E-state index contributed by atoms with van der Waals surface area (Å²) in [7, 11) is 0. The van der Waals surface area contributed by atoms with Crippen LogP contribution in [0.5, 0.6) is 0 Å². The third kappa shape index (κ3) is 3.28. The Kier molecular flexibility index (Phi) is 4.60. The van der Waals surface area contributed by atoms with Crippen molar-refractivity contribution >= 4 is 11.4 Å². The summed E-state index contributed by atoms with van der Waals surface area (Å²) in [5.41, 5.74) is 0.805. The largest absolute Gasteiger partial charge is 0.335 e. The van der Waals surface area contributed by atoms with Crippen LogP contribution in [0.1, 0.15) is 25.5 Å². The summed E-state index contributed by atoms with van der Waals surface area (Å²) in [5.74, 6) is -0.562. The maximum Gasteiger partial charge on any atom is 0.293 e. The zero-order valence-electron chi connectivity index (χ0n) is 14.0. The van der Waals surface area contributed by atoms with Gasteiger partial charge < -0.3 is 4.90 Å². The van der Waals surface area contributed by atoms with Gasteiger partial charge in [0.1, 0.15) is 24.2 Å². The number of hydrogen-bond donors (Lipinski definition) is 0. The molecule has 0 aliphatic carbocycles. The fourth-order valence-corrected chi connectivity index (χ4v) is 2.79. The second kappa shape index (κ2) is 6.84. The van der Waals surface area contributed by atoms with Crippen molar-refractivity contribution in [3.63, 3.8) is 0 Å². The molecule has 3 rings (SSSR count). The van der Waals surface area contributed by atoms with Crippen molar-refractivity contribution in [1.29, 1.82) is 0 Å². The van der Waals surface area contributed by atoms with Gasteiger partial charge in [-0.15, -0.1) is 0 Å². The van der Waals surface area contributed by atoms with Crippen molar-refractivity contribution in [3.05, 3.63) is 64.6 Å². The molecule has 3 aromatic rings.